The highest BCUT2D eigenvalue weighted by atomic mass is 32.2. The second-order valence-corrected chi connectivity index (χ2v) is 10.1. The van der Waals surface area contributed by atoms with Gasteiger partial charge in [-0.25, -0.2) is 13.4 Å². The Morgan fingerprint density at radius 2 is 1.78 bits per heavy atom. The van der Waals surface area contributed by atoms with Crippen molar-refractivity contribution in [3.8, 4) is 0 Å². The number of nitrogens with zero attached hydrogens (tertiary/aromatic N) is 1. The number of hydrogen-bond acceptors (Lipinski definition) is 4. The molecule has 0 radical (unpaired) electrons. The van der Waals surface area contributed by atoms with E-state index in [2.05, 4.69) is 10.3 Å². The number of carbonyl (C=O) groups excluding carboxylic acids is 1. The Labute approximate surface area is 185 Å². The maximum absolute atomic E-state index is 13.5. The van der Waals surface area contributed by atoms with Gasteiger partial charge in [0, 0.05) is 6.54 Å². The fourth-order valence-electron chi connectivity index (χ4n) is 3.99. The quantitative estimate of drug-likeness (QED) is 0.498. The first-order chi connectivity index (χ1) is 15.2. The molecule has 1 saturated carbocycles. The lowest BCUT2D eigenvalue weighted by molar-refractivity contribution is -0.124. The van der Waals surface area contributed by atoms with Crippen LogP contribution in [0.3, 0.4) is 0 Å². The number of carbonyl (C=O) groups is 1. The summed E-state index contributed by atoms with van der Waals surface area (Å²) in [6.07, 6.45) is 0.908. The molecule has 0 spiro atoms. The number of aryl methyl sites for hydroxylation is 1. The number of benzene rings is 1. The lowest BCUT2D eigenvalue weighted by atomic mass is 9.87. The number of amides is 1. The third-order valence-electron chi connectivity index (χ3n) is 5.75. The summed E-state index contributed by atoms with van der Waals surface area (Å²) >= 11 is 0. The summed E-state index contributed by atoms with van der Waals surface area (Å²) in [5, 5.41) is 2.20. The van der Waals surface area contributed by atoms with E-state index in [4.69, 9.17) is 0 Å². The maximum Gasteiger partial charge on any atom is 0.423 e. The molecule has 9 heteroatoms. The molecular weight excluding hydrogens is 441 g/mol. The molecule has 1 aromatic rings. The van der Waals surface area contributed by atoms with Crippen LogP contribution < -0.4 is 5.32 Å². The SMILES string of the molecule is O=C(NCCCc1ccccc1)C1(S(=O)(=O)C2=NC=C=C(C(F)(F)F)C=C2)CCCCC1. The number of hydrogen-bond donors (Lipinski definition) is 1. The Kier molecular flexibility index (Phi) is 7.41. The molecule has 32 heavy (non-hydrogen) atoms. The Hall–Kier alpha value is -2.64. The van der Waals surface area contributed by atoms with Crippen LogP contribution in [0.2, 0.25) is 0 Å². The minimum absolute atomic E-state index is 0.107. The van der Waals surface area contributed by atoms with Crippen LogP contribution in [0.4, 0.5) is 13.2 Å². The van der Waals surface area contributed by atoms with E-state index < -0.39 is 37.3 Å². The number of alkyl halides is 3. The van der Waals surface area contributed by atoms with Crippen molar-refractivity contribution in [2.45, 2.75) is 55.9 Å². The van der Waals surface area contributed by atoms with Crippen LogP contribution in [-0.4, -0.2) is 36.8 Å². The third-order valence-corrected chi connectivity index (χ3v) is 8.16. The normalized spacial score (nSPS) is 18.5. The van der Waals surface area contributed by atoms with E-state index in [1.165, 1.54) is 0 Å². The molecule has 0 bridgehead atoms. The second kappa shape index (κ2) is 9.88. The van der Waals surface area contributed by atoms with Crippen molar-refractivity contribution >= 4 is 20.8 Å². The lowest BCUT2D eigenvalue weighted by Crippen LogP contribution is -2.55. The van der Waals surface area contributed by atoms with Gasteiger partial charge in [0.05, 0.1) is 11.8 Å². The smallest absolute Gasteiger partial charge is 0.355 e. The molecule has 1 aliphatic heterocycles. The van der Waals surface area contributed by atoms with Crippen molar-refractivity contribution in [2.75, 3.05) is 6.54 Å². The average molecular weight is 467 g/mol. The molecule has 0 aromatic heterocycles. The van der Waals surface area contributed by atoms with E-state index in [9.17, 15) is 26.4 Å². The number of rotatable bonds is 6. The first-order valence-electron chi connectivity index (χ1n) is 10.5. The zero-order valence-corrected chi connectivity index (χ0v) is 18.3. The molecule has 1 fully saturated rings. The highest BCUT2D eigenvalue weighted by Gasteiger charge is 2.52. The molecule has 1 amide bonds. The van der Waals surface area contributed by atoms with Gasteiger partial charge in [0.1, 0.15) is 0 Å². The van der Waals surface area contributed by atoms with Gasteiger partial charge < -0.3 is 5.32 Å². The van der Waals surface area contributed by atoms with Crippen LogP contribution in [0.1, 0.15) is 44.1 Å². The largest absolute Gasteiger partial charge is 0.423 e. The molecule has 0 atom stereocenters. The van der Waals surface area contributed by atoms with Gasteiger partial charge >= 0.3 is 6.18 Å². The summed E-state index contributed by atoms with van der Waals surface area (Å²) in [5.74, 6) is -0.612. The maximum atomic E-state index is 13.5. The van der Waals surface area contributed by atoms with Crippen molar-refractivity contribution in [3.05, 3.63) is 65.6 Å². The molecule has 5 nitrogen and oxygen atoms in total. The average Bonchev–Trinajstić information content (AvgIpc) is 3.05. The van der Waals surface area contributed by atoms with Crippen LogP contribution in [0, 0.1) is 0 Å². The van der Waals surface area contributed by atoms with E-state index in [1.807, 2.05) is 36.1 Å². The van der Waals surface area contributed by atoms with Crippen LogP contribution in [0.5, 0.6) is 0 Å². The van der Waals surface area contributed by atoms with Crippen molar-refractivity contribution in [1.29, 1.82) is 0 Å². The first kappa shape index (κ1) is 24.0. The molecular formula is C23H25F3N2O3S. The molecule has 1 N–H and O–H groups in total. The van der Waals surface area contributed by atoms with Gasteiger partial charge in [-0.3, -0.25) is 4.79 Å². The van der Waals surface area contributed by atoms with Crippen molar-refractivity contribution in [3.63, 3.8) is 0 Å². The van der Waals surface area contributed by atoms with Gasteiger partial charge in [-0.15, -0.1) is 0 Å². The zero-order chi connectivity index (χ0) is 23.2. The number of nitrogens with one attached hydrogen (secondary N) is 1. The number of halogens is 3. The standard InChI is InChI=1S/C23H25F3N2O3S/c24-23(25,26)19-11-12-20(27-17-13-19)32(30,31)22(14-5-2-6-15-22)21(29)28-16-7-10-18-8-3-1-4-9-18/h1,3-4,8-9,11-12,17H,2,5-7,10,14-16H2,(H,28,29). The van der Waals surface area contributed by atoms with Crippen LogP contribution in [-0.2, 0) is 21.1 Å². The van der Waals surface area contributed by atoms with Gasteiger partial charge in [0.25, 0.3) is 0 Å². The molecule has 3 rings (SSSR count). The first-order valence-corrected chi connectivity index (χ1v) is 12.0. The van der Waals surface area contributed by atoms with Gasteiger partial charge in [-0.1, -0.05) is 55.3 Å². The Balaban J connectivity index is 1.76. The van der Waals surface area contributed by atoms with E-state index in [1.54, 1.807) is 0 Å². The van der Waals surface area contributed by atoms with Crippen LogP contribution in [0.15, 0.2) is 65.0 Å². The van der Waals surface area contributed by atoms with Crippen molar-refractivity contribution in [2.24, 2.45) is 4.99 Å². The minimum atomic E-state index is -4.68. The number of allylic oxidation sites excluding steroid dienone is 2. The topological polar surface area (TPSA) is 75.6 Å². The van der Waals surface area contributed by atoms with Crippen molar-refractivity contribution in [1.82, 2.24) is 5.32 Å². The van der Waals surface area contributed by atoms with Crippen LogP contribution >= 0.6 is 0 Å². The molecule has 1 heterocycles. The summed E-state index contributed by atoms with van der Waals surface area (Å²) in [4.78, 5) is 16.9. The fourth-order valence-corrected chi connectivity index (χ4v) is 5.97. The highest BCUT2D eigenvalue weighted by molar-refractivity contribution is 8.08. The van der Waals surface area contributed by atoms with Gasteiger partial charge in [-0.05, 0) is 43.4 Å². The van der Waals surface area contributed by atoms with E-state index in [0.717, 1.165) is 24.5 Å². The monoisotopic (exact) mass is 466 g/mol. The zero-order valence-electron chi connectivity index (χ0n) is 17.5. The predicted molar refractivity (Wildman–Crippen MR) is 117 cm³/mol. The highest BCUT2D eigenvalue weighted by Crippen LogP contribution is 2.37. The Morgan fingerprint density at radius 1 is 1.09 bits per heavy atom. The van der Waals surface area contributed by atoms with E-state index >= 15 is 0 Å². The molecule has 0 unspecified atom stereocenters. The van der Waals surface area contributed by atoms with Crippen molar-refractivity contribution < 1.29 is 26.4 Å². The summed E-state index contributed by atoms with van der Waals surface area (Å²) in [6.45, 7) is 0.299. The fraction of sp³-hybridized carbons (Fsp3) is 0.435. The van der Waals surface area contributed by atoms with E-state index in [0.29, 0.717) is 38.1 Å². The molecule has 172 valence electrons. The lowest BCUT2D eigenvalue weighted by Gasteiger charge is -2.35. The summed E-state index contributed by atoms with van der Waals surface area (Å²) in [7, 11) is -4.33. The molecule has 0 saturated heterocycles. The summed E-state index contributed by atoms with van der Waals surface area (Å²) in [6, 6.07) is 9.71. The van der Waals surface area contributed by atoms with Gasteiger partial charge in [0.2, 0.25) is 15.7 Å². The molecule has 2 aliphatic rings. The van der Waals surface area contributed by atoms with Gasteiger partial charge in [0.15, 0.2) is 9.79 Å². The number of sulfone groups is 1. The van der Waals surface area contributed by atoms with Gasteiger partial charge in [-0.2, -0.15) is 13.2 Å². The van der Waals surface area contributed by atoms with Crippen LogP contribution in [0.25, 0.3) is 0 Å². The number of aliphatic imine (C=N–C) groups is 1. The predicted octanol–water partition coefficient (Wildman–Crippen LogP) is 4.42. The van der Waals surface area contributed by atoms with E-state index in [-0.39, 0.29) is 12.8 Å². The summed E-state index contributed by atoms with van der Waals surface area (Å²) < 4.78 is 64.1. The Morgan fingerprint density at radius 3 is 2.44 bits per heavy atom. The molecule has 1 aromatic carbocycles. The second-order valence-electron chi connectivity index (χ2n) is 7.89. The Bertz CT molecular complexity index is 1060. The minimum Gasteiger partial charge on any atom is -0.355 e. The molecule has 1 aliphatic carbocycles. The third kappa shape index (κ3) is 5.22. The summed E-state index contributed by atoms with van der Waals surface area (Å²) in [5.41, 5.74) is 1.93.